The first kappa shape index (κ1) is 26.1. The lowest BCUT2D eigenvalue weighted by molar-refractivity contribution is -0.699. The van der Waals surface area contributed by atoms with Crippen LogP contribution >= 0.6 is 0 Å². The summed E-state index contributed by atoms with van der Waals surface area (Å²) < 4.78 is 25.0. The van der Waals surface area contributed by atoms with Gasteiger partial charge >= 0.3 is 5.97 Å². The highest BCUT2D eigenvalue weighted by Crippen LogP contribution is 2.54. The predicted octanol–water partition coefficient (Wildman–Crippen LogP) is 0.795. The molecule has 5 aliphatic heterocycles. The lowest BCUT2D eigenvalue weighted by Gasteiger charge is -2.57. The first-order valence-corrected chi connectivity index (χ1v) is 14.6. The number of carbonyl (C=O) groups is 2. The third-order valence-electron chi connectivity index (χ3n) is 10.3. The number of fused-ring (bicyclic) bond motifs is 4. The van der Waals surface area contributed by atoms with Crippen molar-refractivity contribution < 1.29 is 39.0 Å². The number of carbonyl (C=O) groups excluding carboxylic acids is 2. The summed E-state index contributed by atoms with van der Waals surface area (Å²) in [7, 11) is 0. The number of ketones is 1. The van der Waals surface area contributed by atoms with Crippen LogP contribution in [-0.4, -0.2) is 77.4 Å². The minimum Gasteiger partial charge on any atom is -0.457 e. The second kappa shape index (κ2) is 9.52. The van der Waals surface area contributed by atoms with Gasteiger partial charge in [-0.05, 0) is 65.2 Å². The maximum absolute atomic E-state index is 13.6. The smallest absolute Gasteiger partial charge is 0.341 e. The van der Waals surface area contributed by atoms with E-state index < -0.39 is 29.3 Å². The van der Waals surface area contributed by atoms with Crippen LogP contribution in [0.25, 0.3) is 0 Å². The average Bonchev–Trinajstić information content (AvgIpc) is 3.52. The molecule has 1 saturated carbocycles. The molecule has 8 unspecified atom stereocenters. The number of epoxide rings is 1. The minimum absolute atomic E-state index is 0.0731. The molecule has 5 heterocycles. The molecule has 0 bridgehead atoms. The number of esters is 1. The molecule has 9 nitrogen and oxygen atoms in total. The highest BCUT2D eigenvalue weighted by molar-refractivity contribution is 5.84. The van der Waals surface area contributed by atoms with Crippen molar-refractivity contribution in [1.29, 1.82) is 0 Å². The predicted molar refractivity (Wildman–Crippen MR) is 132 cm³/mol. The van der Waals surface area contributed by atoms with Crippen LogP contribution in [0.15, 0.2) is 0 Å². The number of aliphatic hydroxyl groups is 1. The zero-order chi connectivity index (χ0) is 26.1. The fraction of sp³-hybridized carbons (Fsp3) is 0.929. The van der Waals surface area contributed by atoms with Gasteiger partial charge in [0.15, 0.2) is 5.60 Å². The summed E-state index contributed by atoms with van der Waals surface area (Å²) in [5.74, 6) is -0.490. The second-order valence-electron chi connectivity index (χ2n) is 13.3. The molecule has 5 saturated heterocycles. The van der Waals surface area contributed by atoms with Gasteiger partial charge in [-0.3, -0.25) is 10.5 Å². The summed E-state index contributed by atoms with van der Waals surface area (Å²) in [4.78, 5) is 26.5. The third kappa shape index (κ3) is 4.57. The molecule has 37 heavy (non-hydrogen) atoms. The van der Waals surface area contributed by atoms with Crippen molar-refractivity contribution in [2.45, 2.75) is 133 Å². The van der Waals surface area contributed by atoms with Crippen LogP contribution in [0, 0.1) is 23.7 Å². The number of aliphatic hydroxyl groups excluding tert-OH is 1. The Hall–Kier alpha value is -1.10. The fourth-order valence-electron chi connectivity index (χ4n) is 8.54. The van der Waals surface area contributed by atoms with Crippen LogP contribution in [0.3, 0.4) is 0 Å². The molecule has 9 heteroatoms. The molecule has 1 aliphatic carbocycles. The van der Waals surface area contributed by atoms with Crippen molar-refractivity contribution in [2.24, 2.45) is 29.4 Å². The van der Waals surface area contributed by atoms with E-state index in [1.165, 1.54) is 0 Å². The Morgan fingerprint density at radius 1 is 1.11 bits per heavy atom. The number of ether oxygens (including phenoxy) is 4. The minimum atomic E-state index is -0.858. The van der Waals surface area contributed by atoms with Gasteiger partial charge in [0.2, 0.25) is 0 Å². The van der Waals surface area contributed by atoms with Crippen LogP contribution in [0.1, 0.15) is 78.6 Å². The number of Topliss-reactive ketones (excluding diaryl/α,β-unsaturated/α-hetero) is 1. The summed E-state index contributed by atoms with van der Waals surface area (Å²) in [5, 5.41) is 13.7. The maximum atomic E-state index is 13.6. The summed E-state index contributed by atoms with van der Waals surface area (Å²) >= 11 is 0. The van der Waals surface area contributed by atoms with Crippen molar-refractivity contribution in [3.05, 3.63) is 0 Å². The number of piperidine rings is 1. The number of rotatable bonds is 3. The summed E-state index contributed by atoms with van der Waals surface area (Å²) in [6, 6.07) is 0. The van der Waals surface area contributed by atoms with E-state index in [4.69, 9.17) is 24.7 Å². The zero-order valence-corrected chi connectivity index (χ0v) is 22.5. The molecule has 6 rings (SSSR count). The van der Waals surface area contributed by atoms with Crippen molar-refractivity contribution in [3.63, 3.8) is 0 Å². The summed E-state index contributed by atoms with van der Waals surface area (Å²) in [6.07, 6.45) is 5.25. The normalized spacial score (nSPS) is 51.2. The van der Waals surface area contributed by atoms with E-state index in [0.717, 1.165) is 45.1 Å². The molecule has 0 radical (unpaired) electrons. The quantitative estimate of drug-likeness (QED) is 0.366. The third-order valence-corrected chi connectivity index (χ3v) is 10.3. The molecule has 0 aromatic rings. The van der Waals surface area contributed by atoms with Gasteiger partial charge in [0.05, 0.1) is 43.0 Å². The van der Waals surface area contributed by atoms with E-state index in [-0.39, 0.29) is 54.2 Å². The Morgan fingerprint density at radius 3 is 2.70 bits per heavy atom. The van der Waals surface area contributed by atoms with Crippen molar-refractivity contribution in [1.82, 2.24) is 0 Å². The highest BCUT2D eigenvalue weighted by atomic mass is 16.7. The Kier molecular flexibility index (Phi) is 6.73. The highest BCUT2D eigenvalue weighted by Gasteiger charge is 2.67. The van der Waals surface area contributed by atoms with Gasteiger partial charge in [-0.2, -0.15) is 0 Å². The van der Waals surface area contributed by atoms with Crippen LogP contribution < -0.4 is 11.1 Å². The van der Waals surface area contributed by atoms with Crippen molar-refractivity contribution >= 4 is 11.8 Å². The Bertz CT molecular complexity index is 913. The van der Waals surface area contributed by atoms with Gasteiger partial charge in [-0.15, -0.1) is 0 Å². The van der Waals surface area contributed by atoms with Gasteiger partial charge in [0.1, 0.15) is 23.7 Å². The molecule has 6 aliphatic rings. The van der Waals surface area contributed by atoms with Crippen LogP contribution in [-0.2, 0) is 28.5 Å². The van der Waals surface area contributed by atoms with Crippen LogP contribution in [0.2, 0.25) is 0 Å². The van der Waals surface area contributed by atoms with Crippen LogP contribution in [0.4, 0.5) is 0 Å². The molecule has 5 N–H and O–H groups in total. The summed E-state index contributed by atoms with van der Waals surface area (Å²) in [5.41, 5.74) is 4.56. The maximum Gasteiger partial charge on any atom is 0.341 e. The fourth-order valence-corrected chi connectivity index (χ4v) is 8.54. The molecule has 6 fully saturated rings. The van der Waals surface area contributed by atoms with E-state index in [1.807, 2.05) is 20.8 Å². The first-order valence-electron chi connectivity index (χ1n) is 14.6. The molecule has 1 spiro atoms. The van der Waals surface area contributed by atoms with E-state index >= 15 is 0 Å². The Morgan fingerprint density at radius 2 is 1.92 bits per heavy atom. The van der Waals surface area contributed by atoms with E-state index in [1.54, 1.807) is 0 Å². The average molecular weight is 522 g/mol. The molecular formula is C28H45N2O7+. The number of quaternary nitrogens is 1. The number of hydrogen-bond acceptors (Lipinski definition) is 8. The van der Waals surface area contributed by atoms with Gasteiger partial charge in [-0.1, -0.05) is 0 Å². The molecule has 208 valence electrons. The zero-order valence-electron chi connectivity index (χ0n) is 22.5. The van der Waals surface area contributed by atoms with Crippen LogP contribution in [0.5, 0.6) is 0 Å². The Balaban J connectivity index is 1.16. The second-order valence-corrected chi connectivity index (χ2v) is 13.3. The van der Waals surface area contributed by atoms with Gasteiger partial charge < -0.3 is 29.4 Å². The standard InChI is InChI=1S/C28H44N2O7/c1-14-11-17(31)23-18(34-14)13-19-22(24(23)32)16-5-4-9-28(26(33)35-25(16)27(2,3)36-19)20(37-28)7-6-15-8-10-30-21(29)12-15/h14-16,18-25,30,32H,4-13,29H2,1-3H3/p+1/t14?,15?,16-,18?,19?,20+,21?,22?,23?,24?,25+,28-/m0/s1. The molecule has 0 amide bonds. The summed E-state index contributed by atoms with van der Waals surface area (Å²) in [6.45, 7) is 6.93. The van der Waals surface area contributed by atoms with Gasteiger partial charge in [0, 0.05) is 31.1 Å². The molecule has 0 aromatic heterocycles. The van der Waals surface area contributed by atoms with E-state index in [9.17, 15) is 14.7 Å². The lowest BCUT2D eigenvalue weighted by Crippen LogP contribution is -2.94. The molecule has 12 atom stereocenters. The van der Waals surface area contributed by atoms with Gasteiger partial charge in [-0.25, -0.2) is 4.79 Å². The SMILES string of the molecule is CC1CC(=O)C2C(CC3OC(C)(C)[C@@H]4OC(=O)[C@@]5(CCC[C@H]4C3C2O)O[C@@H]5CCC2CC[NH2+]C(N)C2)O1. The van der Waals surface area contributed by atoms with Crippen molar-refractivity contribution in [3.8, 4) is 0 Å². The lowest BCUT2D eigenvalue weighted by atomic mass is 9.61. The van der Waals surface area contributed by atoms with E-state index in [0.29, 0.717) is 25.2 Å². The number of hydrogen-bond donors (Lipinski definition) is 3. The number of nitrogens with two attached hydrogens (primary N) is 2. The molecular weight excluding hydrogens is 476 g/mol. The molecule has 0 aromatic carbocycles. The van der Waals surface area contributed by atoms with E-state index in [2.05, 4.69) is 5.32 Å². The largest absolute Gasteiger partial charge is 0.457 e. The van der Waals surface area contributed by atoms with Crippen molar-refractivity contribution in [2.75, 3.05) is 6.54 Å². The first-order chi connectivity index (χ1) is 17.6. The van der Waals surface area contributed by atoms with Gasteiger partial charge in [0.25, 0.3) is 0 Å². The topological polar surface area (TPSA) is 137 Å². The monoisotopic (exact) mass is 521 g/mol. The Labute approximate surface area is 219 Å².